The number of nitrogens with zero attached hydrogens (tertiary/aromatic N) is 4. The van der Waals surface area contributed by atoms with E-state index >= 15 is 0 Å². The summed E-state index contributed by atoms with van der Waals surface area (Å²) in [7, 11) is 1.90. The molecule has 0 atom stereocenters. The molecule has 0 spiro atoms. The summed E-state index contributed by atoms with van der Waals surface area (Å²) >= 11 is 9.38. The average molecular weight is 777 g/mol. The Bertz CT molecular complexity index is 2300. The zero-order valence-electron chi connectivity index (χ0n) is 29.5. The molecule has 10 nitrogen and oxygen atoms in total. The first-order chi connectivity index (χ1) is 26.2. The third-order valence-corrected chi connectivity index (χ3v) is 11.3. The van der Waals surface area contributed by atoms with Crippen LogP contribution in [0.25, 0.3) is 22.4 Å². The van der Waals surface area contributed by atoms with Crippen LogP contribution in [0.2, 0.25) is 5.02 Å². The molecule has 1 aliphatic heterocycles. The van der Waals surface area contributed by atoms with Gasteiger partial charge in [0.2, 0.25) is 0 Å². The van der Waals surface area contributed by atoms with Gasteiger partial charge in [-0.05, 0) is 109 Å². The van der Waals surface area contributed by atoms with E-state index in [4.69, 9.17) is 11.6 Å². The van der Waals surface area contributed by atoms with Crippen LogP contribution < -0.4 is 19.2 Å². The number of nitro groups is 1. The standard InChI is InChI=1S/C41H37ClN6O4S2/c1-27-38(41(49)50)39(40(45(27)2)28-9-5-3-6-10-28)29-23-30(42)25-33(24-29)47-21-19-46(20-22-47)32-15-13-31(14-16-32)43-54-35-17-18-36(37(26-35)48(51)52)44-53-34-11-7-4-8-12-34/h3-18,23-26,43-44H,19-22H2,1-2H3,(H,49,50). The average Bonchev–Trinajstić information content (AvgIpc) is 3.46. The molecule has 7 rings (SSSR count). The molecule has 0 saturated carbocycles. The highest BCUT2D eigenvalue weighted by atomic mass is 35.5. The molecule has 1 fully saturated rings. The maximum atomic E-state index is 12.6. The van der Waals surface area contributed by atoms with Crippen molar-refractivity contribution in [3.05, 3.63) is 148 Å². The van der Waals surface area contributed by atoms with Crippen LogP contribution in [0.4, 0.5) is 28.4 Å². The lowest BCUT2D eigenvalue weighted by atomic mass is 9.96. The van der Waals surface area contributed by atoms with Crippen molar-refractivity contribution >= 4 is 69.9 Å². The molecule has 274 valence electrons. The Kier molecular flexibility index (Phi) is 11.0. The number of rotatable bonds is 12. The number of carboxylic acids is 1. The Hall–Kier alpha value is -5.56. The zero-order chi connectivity index (χ0) is 37.8. The van der Waals surface area contributed by atoms with Crippen LogP contribution in [0.5, 0.6) is 0 Å². The molecule has 2 heterocycles. The molecule has 0 radical (unpaired) electrons. The van der Waals surface area contributed by atoms with E-state index in [1.165, 1.54) is 23.9 Å². The van der Waals surface area contributed by atoms with Crippen LogP contribution in [-0.2, 0) is 7.05 Å². The van der Waals surface area contributed by atoms with Crippen molar-refractivity contribution in [3.63, 3.8) is 0 Å². The fourth-order valence-electron chi connectivity index (χ4n) is 6.68. The summed E-state index contributed by atoms with van der Waals surface area (Å²) in [5.74, 6) is -0.972. The number of hydrogen-bond donors (Lipinski definition) is 3. The van der Waals surface area contributed by atoms with Crippen LogP contribution in [0.15, 0.2) is 131 Å². The van der Waals surface area contributed by atoms with Crippen LogP contribution in [-0.4, -0.2) is 46.7 Å². The second-order valence-electron chi connectivity index (χ2n) is 12.8. The highest BCUT2D eigenvalue weighted by molar-refractivity contribution is 8.00. The Labute approximate surface area is 327 Å². The monoisotopic (exact) mass is 776 g/mol. The third kappa shape index (κ3) is 8.01. The van der Waals surface area contributed by atoms with Gasteiger partial charge in [0, 0.05) is 82.4 Å². The minimum atomic E-state index is -0.972. The van der Waals surface area contributed by atoms with E-state index in [0.29, 0.717) is 22.0 Å². The molecular formula is C41H37ClN6O4S2. The van der Waals surface area contributed by atoms with E-state index in [2.05, 4.69) is 37.4 Å². The molecule has 0 unspecified atom stereocenters. The van der Waals surface area contributed by atoms with Gasteiger partial charge in [0.15, 0.2) is 0 Å². The van der Waals surface area contributed by atoms with Gasteiger partial charge in [-0.25, -0.2) is 4.79 Å². The van der Waals surface area contributed by atoms with E-state index < -0.39 is 5.97 Å². The molecule has 0 bridgehead atoms. The van der Waals surface area contributed by atoms with Crippen LogP contribution in [0.3, 0.4) is 0 Å². The van der Waals surface area contributed by atoms with Gasteiger partial charge in [-0.15, -0.1) is 0 Å². The SMILES string of the molecule is Cc1c(C(=O)O)c(-c2cc(Cl)cc(N3CCN(c4ccc(NSc5ccc(NSc6ccccc6)c([N+](=O)[O-])c5)cc4)CC3)c2)c(-c2ccccc2)n1C. The fraction of sp³-hybridized carbons (Fsp3) is 0.146. The topological polar surface area (TPSA) is 116 Å². The molecule has 5 aromatic carbocycles. The van der Waals surface area contributed by atoms with Crippen molar-refractivity contribution in [2.45, 2.75) is 16.7 Å². The number of carbonyl (C=O) groups is 1. The van der Waals surface area contributed by atoms with Crippen LogP contribution in [0.1, 0.15) is 16.1 Å². The van der Waals surface area contributed by atoms with E-state index in [0.717, 1.165) is 69.9 Å². The summed E-state index contributed by atoms with van der Waals surface area (Å²) < 4.78 is 8.35. The van der Waals surface area contributed by atoms with Crippen LogP contribution >= 0.6 is 35.5 Å². The van der Waals surface area contributed by atoms with Crippen LogP contribution in [0, 0.1) is 17.0 Å². The van der Waals surface area contributed by atoms with Crippen molar-refractivity contribution in [1.29, 1.82) is 0 Å². The van der Waals surface area contributed by atoms with Gasteiger partial charge in [0.1, 0.15) is 5.69 Å². The summed E-state index contributed by atoms with van der Waals surface area (Å²) in [4.78, 5) is 30.4. The zero-order valence-corrected chi connectivity index (χ0v) is 31.9. The first-order valence-electron chi connectivity index (χ1n) is 17.2. The largest absolute Gasteiger partial charge is 0.478 e. The van der Waals surface area contributed by atoms with Gasteiger partial charge in [-0.2, -0.15) is 0 Å². The van der Waals surface area contributed by atoms with Gasteiger partial charge in [0.25, 0.3) is 5.69 Å². The quantitative estimate of drug-likeness (QED) is 0.0630. The van der Waals surface area contributed by atoms with E-state index in [9.17, 15) is 20.0 Å². The first kappa shape index (κ1) is 36.8. The number of nitro benzene ring substituents is 1. The molecule has 0 aliphatic carbocycles. The number of halogens is 1. The predicted molar refractivity (Wildman–Crippen MR) is 222 cm³/mol. The van der Waals surface area contributed by atoms with Crippen molar-refractivity contribution in [1.82, 2.24) is 4.57 Å². The van der Waals surface area contributed by atoms with E-state index in [1.807, 2.05) is 110 Å². The number of aromatic carboxylic acids is 1. The Morgan fingerprint density at radius 2 is 1.39 bits per heavy atom. The van der Waals surface area contributed by atoms with E-state index in [1.54, 1.807) is 12.1 Å². The molecule has 54 heavy (non-hydrogen) atoms. The Morgan fingerprint density at radius 3 is 2.04 bits per heavy atom. The number of piperazine rings is 1. The maximum Gasteiger partial charge on any atom is 0.338 e. The second kappa shape index (κ2) is 16.2. The number of aromatic nitrogens is 1. The molecule has 6 aromatic rings. The molecule has 3 N–H and O–H groups in total. The highest BCUT2D eigenvalue weighted by Crippen LogP contribution is 2.41. The van der Waals surface area contributed by atoms with Gasteiger partial charge < -0.3 is 28.9 Å². The summed E-state index contributed by atoms with van der Waals surface area (Å²) in [6, 6.07) is 38.6. The highest BCUT2D eigenvalue weighted by Gasteiger charge is 2.27. The van der Waals surface area contributed by atoms with Crippen molar-refractivity contribution in [3.8, 4) is 22.4 Å². The summed E-state index contributed by atoms with van der Waals surface area (Å²) in [5, 5.41) is 22.7. The predicted octanol–water partition coefficient (Wildman–Crippen LogP) is 10.5. The lowest BCUT2D eigenvalue weighted by Crippen LogP contribution is -2.46. The number of nitrogens with one attached hydrogen (secondary N) is 2. The summed E-state index contributed by atoms with van der Waals surface area (Å²) in [5.41, 5.74) is 7.52. The molecule has 1 saturated heterocycles. The molecule has 13 heteroatoms. The minimum Gasteiger partial charge on any atom is -0.478 e. The lowest BCUT2D eigenvalue weighted by Gasteiger charge is -2.37. The van der Waals surface area contributed by atoms with Gasteiger partial charge >= 0.3 is 5.97 Å². The Balaban J connectivity index is 1.00. The Morgan fingerprint density at radius 1 is 0.759 bits per heavy atom. The van der Waals surface area contributed by atoms with Gasteiger partial charge in [-0.3, -0.25) is 10.1 Å². The summed E-state index contributed by atoms with van der Waals surface area (Å²) in [6.07, 6.45) is 0. The number of hydrogen-bond acceptors (Lipinski definition) is 9. The van der Waals surface area contributed by atoms with Crippen molar-refractivity contribution in [2.24, 2.45) is 7.05 Å². The summed E-state index contributed by atoms with van der Waals surface area (Å²) in [6.45, 7) is 4.93. The minimum absolute atomic E-state index is 0.00540. The molecule has 0 amide bonds. The van der Waals surface area contributed by atoms with E-state index in [-0.39, 0.29) is 16.2 Å². The van der Waals surface area contributed by atoms with Gasteiger partial charge in [0.05, 0.1) is 16.2 Å². The van der Waals surface area contributed by atoms with Crippen molar-refractivity contribution in [2.75, 3.05) is 45.4 Å². The normalized spacial score (nSPS) is 12.8. The van der Waals surface area contributed by atoms with Crippen molar-refractivity contribution < 1.29 is 14.8 Å². The first-order valence-corrected chi connectivity index (χ1v) is 19.3. The molecule has 1 aromatic heterocycles. The maximum absolute atomic E-state index is 12.6. The van der Waals surface area contributed by atoms with Gasteiger partial charge in [-0.1, -0.05) is 60.1 Å². The molecule has 1 aliphatic rings. The number of benzene rings is 5. The lowest BCUT2D eigenvalue weighted by molar-refractivity contribution is -0.384. The second-order valence-corrected chi connectivity index (χ2v) is 15.0. The number of anilines is 4. The third-order valence-electron chi connectivity index (χ3n) is 9.47. The fourth-order valence-corrected chi connectivity index (χ4v) is 8.28. The molecular weight excluding hydrogens is 740 g/mol. The smallest absolute Gasteiger partial charge is 0.338 e. The number of carboxylic acid groups (broad SMARTS) is 1.